The number of nitrogens with two attached hydrogens (primary N) is 1. The Morgan fingerprint density at radius 3 is 1.52 bits per heavy atom. The van der Waals surface area contributed by atoms with E-state index in [1.54, 1.807) is 18.5 Å². The first kappa shape index (κ1) is 20.1. The van der Waals surface area contributed by atoms with Gasteiger partial charge in [0.2, 0.25) is 5.95 Å². The molecule has 0 spiro atoms. The number of aromatic nitrogens is 2. The minimum absolute atomic E-state index is 0.115. The van der Waals surface area contributed by atoms with Gasteiger partial charge in [-0.3, -0.25) is 10.9 Å². The van der Waals surface area contributed by atoms with Crippen molar-refractivity contribution in [3.05, 3.63) is 102 Å². The Kier molecular flexibility index (Phi) is 5.59. The van der Waals surface area contributed by atoms with Gasteiger partial charge in [0.25, 0.3) is 0 Å². The molecule has 5 rings (SSSR count). The summed E-state index contributed by atoms with van der Waals surface area (Å²) in [6, 6.07) is 30.4. The second kappa shape index (κ2) is 9.15. The molecule has 0 saturated carbocycles. The van der Waals surface area contributed by atoms with Crippen molar-refractivity contribution in [2.45, 2.75) is 0 Å². The second-order valence-electron chi connectivity index (χ2n) is 7.45. The highest BCUT2D eigenvalue weighted by Gasteiger charge is 2.01. The van der Waals surface area contributed by atoms with Crippen molar-refractivity contribution in [3.63, 3.8) is 0 Å². The molecule has 7 nitrogen and oxygen atoms in total. The van der Waals surface area contributed by atoms with Crippen molar-refractivity contribution in [1.82, 2.24) is 9.97 Å². The summed E-state index contributed by atoms with van der Waals surface area (Å²) in [6.45, 7) is 0. The van der Waals surface area contributed by atoms with Crippen LogP contribution in [0, 0.1) is 0 Å². The SMILES string of the molecule is Nc1nc(NN=Cc2ccc3ccccc3c2)cc(NN=Cc2ccc3ccccc3c2)n1. The topological polar surface area (TPSA) is 101 Å². The van der Waals surface area contributed by atoms with Gasteiger partial charge >= 0.3 is 0 Å². The van der Waals surface area contributed by atoms with Crippen LogP contribution in [0.4, 0.5) is 17.6 Å². The Balaban J connectivity index is 1.26. The number of benzene rings is 4. The maximum atomic E-state index is 5.84. The van der Waals surface area contributed by atoms with E-state index in [9.17, 15) is 0 Å². The van der Waals surface area contributed by atoms with Crippen molar-refractivity contribution in [2.75, 3.05) is 16.6 Å². The van der Waals surface area contributed by atoms with Crippen molar-refractivity contribution in [1.29, 1.82) is 0 Å². The average Bonchev–Trinajstić information content (AvgIpc) is 2.84. The minimum Gasteiger partial charge on any atom is -0.368 e. The number of hydrogen-bond donors (Lipinski definition) is 3. The van der Waals surface area contributed by atoms with Crippen LogP contribution in [-0.2, 0) is 0 Å². The summed E-state index contributed by atoms with van der Waals surface area (Å²) in [7, 11) is 0. The van der Waals surface area contributed by atoms with Gasteiger partial charge in [-0.15, -0.1) is 0 Å². The van der Waals surface area contributed by atoms with Gasteiger partial charge < -0.3 is 5.73 Å². The van der Waals surface area contributed by atoms with E-state index in [0.29, 0.717) is 11.6 Å². The number of hydrogen-bond acceptors (Lipinski definition) is 7. The Morgan fingerprint density at radius 1 is 0.576 bits per heavy atom. The maximum Gasteiger partial charge on any atom is 0.224 e. The molecule has 160 valence electrons. The summed E-state index contributed by atoms with van der Waals surface area (Å²) in [6.07, 6.45) is 3.46. The number of rotatable bonds is 6. The molecule has 0 saturated heterocycles. The minimum atomic E-state index is 0.115. The molecule has 0 radical (unpaired) electrons. The zero-order chi connectivity index (χ0) is 22.5. The molecule has 0 unspecified atom stereocenters. The first-order chi connectivity index (χ1) is 16.2. The van der Waals surface area contributed by atoms with Crippen molar-refractivity contribution in [3.8, 4) is 0 Å². The van der Waals surface area contributed by atoms with E-state index >= 15 is 0 Å². The number of anilines is 3. The van der Waals surface area contributed by atoms with Crippen LogP contribution in [0.5, 0.6) is 0 Å². The maximum absolute atomic E-state index is 5.84. The van der Waals surface area contributed by atoms with Crippen LogP contribution in [0.25, 0.3) is 21.5 Å². The summed E-state index contributed by atoms with van der Waals surface area (Å²) in [5, 5.41) is 13.2. The highest BCUT2D eigenvalue weighted by Crippen LogP contribution is 2.16. The van der Waals surface area contributed by atoms with Gasteiger partial charge in [0, 0.05) is 6.07 Å². The van der Waals surface area contributed by atoms with Crippen molar-refractivity contribution >= 4 is 51.6 Å². The van der Waals surface area contributed by atoms with Gasteiger partial charge in [-0.2, -0.15) is 20.2 Å². The Morgan fingerprint density at radius 2 is 1.03 bits per heavy atom. The van der Waals surface area contributed by atoms with Crippen LogP contribution in [0.15, 0.2) is 101 Å². The number of fused-ring (bicyclic) bond motifs is 2. The fourth-order valence-electron chi connectivity index (χ4n) is 3.50. The number of nitrogens with zero attached hydrogens (tertiary/aromatic N) is 4. The summed E-state index contributed by atoms with van der Waals surface area (Å²) < 4.78 is 0. The van der Waals surface area contributed by atoms with Crippen LogP contribution < -0.4 is 16.6 Å². The molecule has 0 fully saturated rings. The lowest BCUT2D eigenvalue weighted by Gasteiger charge is -2.05. The number of nitrogen functional groups attached to an aromatic ring is 1. The van der Waals surface area contributed by atoms with Gasteiger partial charge in [-0.1, -0.05) is 72.8 Å². The number of hydrazone groups is 2. The molecule has 1 heterocycles. The third kappa shape index (κ3) is 4.94. The lowest BCUT2D eigenvalue weighted by Crippen LogP contribution is -2.03. The molecule has 0 bridgehead atoms. The normalized spacial score (nSPS) is 11.5. The molecule has 4 N–H and O–H groups in total. The first-order valence-corrected chi connectivity index (χ1v) is 10.4. The van der Waals surface area contributed by atoms with E-state index in [-0.39, 0.29) is 5.95 Å². The van der Waals surface area contributed by atoms with E-state index in [2.05, 4.69) is 79.6 Å². The Bertz CT molecular complexity index is 1380. The summed E-state index contributed by atoms with van der Waals surface area (Å²) >= 11 is 0. The van der Waals surface area contributed by atoms with Gasteiger partial charge in [-0.05, 0) is 44.8 Å². The lowest BCUT2D eigenvalue weighted by molar-refractivity contribution is 1.13. The van der Waals surface area contributed by atoms with Crippen molar-refractivity contribution in [2.24, 2.45) is 10.2 Å². The molecule has 0 atom stereocenters. The van der Waals surface area contributed by atoms with E-state index in [1.807, 2.05) is 36.4 Å². The molecular formula is C26H21N7. The largest absolute Gasteiger partial charge is 0.368 e. The molecular weight excluding hydrogens is 410 g/mol. The van der Waals surface area contributed by atoms with Crippen LogP contribution in [-0.4, -0.2) is 22.4 Å². The zero-order valence-corrected chi connectivity index (χ0v) is 17.7. The predicted octanol–water partition coefficient (Wildman–Crippen LogP) is 5.26. The molecule has 33 heavy (non-hydrogen) atoms. The van der Waals surface area contributed by atoms with Crippen LogP contribution in [0.2, 0.25) is 0 Å². The fraction of sp³-hybridized carbons (Fsp3) is 0. The molecule has 5 aromatic rings. The molecule has 0 aliphatic heterocycles. The molecule has 4 aromatic carbocycles. The highest BCUT2D eigenvalue weighted by molar-refractivity contribution is 5.91. The van der Waals surface area contributed by atoms with E-state index in [4.69, 9.17) is 5.73 Å². The quantitative estimate of drug-likeness (QED) is 0.252. The van der Waals surface area contributed by atoms with Crippen LogP contribution in [0.3, 0.4) is 0 Å². The van der Waals surface area contributed by atoms with Gasteiger partial charge in [0.05, 0.1) is 12.4 Å². The Hall–Kier alpha value is -4.78. The van der Waals surface area contributed by atoms with E-state index in [0.717, 1.165) is 21.9 Å². The average molecular weight is 432 g/mol. The Labute approximate surface area is 190 Å². The smallest absolute Gasteiger partial charge is 0.224 e. The second-order valence-corrected chi connectivity index (χ2v) is 7.45. The lowest BCUT2D eigenvalue weighted by atomic mass is 10.1. The summed E-state index contributed by atoms with van der Waals surface area (Å²) in [5.74, 6) is 1.04. The third-order valence-corrected chi connectivity index (χ3v) is 5.08. The first-order valence-electron chi connectivity index (χ1n) is 10.4. The molecule has 0 aliphatic rings. The van der Waals surface area contributed by atoms with Crippen molar-refractivity contribution < 1.29 is 0 Å². The summed E-state index contributed by atoms with van der Waals surface area (Å²) in [5.41, 5.74) is 13.6. The van der Waals surface area contributed by atoms with E-state index < -0.39 is 0 Å². The van der Waals surface area contributed by atoms with Gasteiger partial charge in [-0.25, -0.2) is 0 Å². The third-order valence-electron chi connectivity index (χ3n) is 5.08. The molecule has 0 amide bonds. The standard InChI is InChI=1S/C26H21N7/c27-26-30-24(32-28-16-18-9-11-20-5-1-3-7-22(20)13-18)15-25(31-26)33-29-17-19-10-12-21-6-2-4-8-23(21)14-19/h1-17H,(H4,27,30,31,32,33). The molecule has 1 aromatic heterocycles. The number of nitrogens with one attached hydrogen (secondary N) is 2. The van der Waals surface area contributed by atoms with E-state index in [1.165, 1.54) is 10.8 Å². The highest BCUT2D eigenvalue weighted by atomic mass is 15.3. The predicted molar refractivity (Wildman–Crippen MR) is 137 cm³/mol. The van der Waals surface area contributed by atoms with Gasteiger partial charge in [0.15, 0.2) is 11.6 Å². The molecule has 7 heteroatoms. The molecule has 0 aliphatic carbocycles. The van der Waals surface area contributed by atoms with Crippen LogP contribution >= 0.6 is 0 Å². The zero-order valence-electron chi connectivity index (χ0n) is 17.7. The summed E-state index contributed by atoms with van der Waals surface area (Å²) in [4.78, 5) is 8.33. The van der Waals surface area contributed by atoms with Crippen LogP contribution in [0.1, 0.15) is 11.1 Å². The fourth-order valence-corrected chi connectivity index (χ4v) is 3.50. The monoisotopic (exact) mass is 431 g/mol. The van der Waals surface area contributed by atoms with Gasteiger partial charge in [0.1, 0.15) is 0 Å².